The van der Waals surface area contributed by atoms with E-state index in [-0.39, 0.29) is 24.7 Å². The highest BCUT2D eigenvalue weighted by atomic mass is 16.3. The molecule has 1 aliphatic carbocycles. The molecule has 1 saturated carbocycles. The van der Waals surface area contributed by atoms with Crippen molar-refractivity contribution in [3.05, 3.63) is 5.69 Å². The highest BCUT2D eigenvalue weighted by Crippen LogP contribution is 2.40. The third kappa shape index (κ3) is 2.94. The normalized spacial score (nSPS) is 33.9. The summed E-state index contributed by atoms with van der Waals surface area (Å²) in [7, 11) is 0. The molecule has 9 heteroatoms. The molecule has 2 heterocycles. The largest absolute Gasteiger partial charge is 0.491 e. The van der Waals surface area contributed by atoms with Gasteiger partial charge in [0.15, 0.2) is 0 Å². The van der Waals surface area contributed by atoms with Crippen molar-refractivity contribution >= 4 is 0 Å². The molecule has 1 aromatic heterocycles. The third-order valence-corrected chi connectivity index (χ3v) is 5.01. The molecule has 2 aliphatic rings. The maximum atomic E-state index is 10.9. The second-order valence-corrected chi connectivity index (χ2v) is 6.58. The van der Waals surface area contributed by atoms with Gasteiger partial charge in [-0.2, -0.15) is 0 Å². The standard InChI is InChI=1S/C14H24N4O5/c19-7-9-11(21)10(20)8(15-9)6-18-12(13(22)16-17-18)14(23)4-2-1-3-5-14/h8-11,15,19-23H,1-7H2/t8-,9-,10-,11-/m1/s1. The zero-order valence-corrected chi connectivity index (χ0v) is 12.8. The van der Waals surface area contributed by atoms with E-state index < -0.39 is 29.9 Å². The molecule has 9 nitrogen and oxygen atoms in total. The molecule has 1 aliphatic heterocycles. The lowest BCUT2D eigenvalue weighted by Gasteiger charge is -2.32. The summed E-state index contributed by atoms with van der Waals surface area (Å²) in [5, 5.41) is 60.5. The zero-order valence-electron chi connectivity index (χ0n) is 12.8. The Hall–Kier alpha value is -1.26. The summed E-state index contributed by atoms with van der Waals surface area (Å²) in [5.74, 6) is -0.304. The van der Waals surface area contributed by atoms with Gasteiger partial charge in [0.25, 0.3) is 5.88 Å². The molecule has 2 fully saturated rings. The van der Waals surface area contributed by atoms with Crippen LogP contribution in [0.4, 0.5) is 0 Å². The van der Waals surface area contributed by atoms with Gasteiger partial charge in [-0.25, -0.2) is 4.68 Å². The smallest absolute Gasteiger partial charge is 0.257 e. The monoisotopic (exact) mass is 328 g/mol. The van der Waals surface area contributed by atoms with Crippen molar-refractivity contribution in [2.45, 2.75) is 68.5 Å². The van der Waals surface area contributed by atoms with Crippen LogP contribution in [0.1, 0.15) is 37.8 Å². The molecule has 6 N–H and O–H groups in total. The van der Waals surface area contributed by atoms with Crippen molar-refractivity contribution in [2.75, 3.05) is 6.61 Å². The van der Waals surface area contributed by atoms with Crippen LogP contribution in [0, 0.1) is 0 Å². The lowest BCUT2D eigenvalue weighted by atomic mass is 9.82. The first-order valence-corrected chi connectivity index (χ1v) is 8.04. The molecule has 0 radical (unpaired) electrons. The van der Waals surface area contributed by atoms with Gasteiger partial charge in [-0.3, -0.25) is 0 Å². The number of hydrogen-bond acceptors (Lipinski definition) is 8. The molecular formula is C14H24N4O5. The van der Waals surface area contributed by atoms with Gasteiger partial charge in [-0.15, -0.1) is 0 Å². The van der Waals surface area contributed by atoms with E-state index >= 15 is 0 Å². The maximum absolute atomic E-state index is 10.9. The minimum atomic E-state index is -1.18. The number of aromatic nitrogens is 3. The predicted molar refractivity (Wildman–Crippen MR) is 78.5 cm³/mol. The Morgan fingerprint density at radius 2 is 1.78 bits per heavy atom. The van der Waals surface area contributed by atoms with E-state index in [1.54, 1.807) is 0 Å². The van der Waals surface area contributed by atoms with Crippen LogP contribution in [0.25, 0.3) is 0 Å². The van der Waals surface area contributed by atoms with Crippen molar-refractivity contribution < 1.29 is 25.5 Å². The number of aliphatic hydroxyl groups is 4. The summed E-state index contributed by atoms with van der Waals surface area (Å²) in [5.41, 5.74) is -0.919. The Kier molecular flexibility index (Phi) is 4.56. The lowest BCUT2D eigenvalue weighted by Crippen LogP contribution is -2.40. The van der Waals surface area contributed by atoms with Crippen LogP contribution in [0.2, 0.25) is 0 Å². The molecule has 4 atom stereocenters. The van der Waals surface area contributed by atoms with Gasteiger partial charge in [0, 0.05) is 0 Å². The first-order valence-electron chi connectivity index (χ1n) is 8.04. The molecule has 130 valence electrons. The number of hydrogen-bond donors (Lipinski definition) is 6. The molecule has 0 amide bonds. The minimum Gasteiger partial charge on any atom is -0.491 e. The lowest BCUT2D eigenvalue weighted by molar-refractivity contribution is -0.0128. The Labute approximate surface area is 133 Å². The van der Waals surface area contributed by atoms with Crippen LogP contribution in [0.5, 0.6) is 5.88 Å². The Morgan fingerprint density at radius 1 is 1.13 bits per heavy atom. The fourth-order valence-electron chi connectivity index (χ4n) is 3.71. The van der Waals surface area contributed by atoms with Crippen LogP contribution in [-0.2, 0) is 12.1 Å². The molecular weight excluding hydrogens is 304 g/mol. The molecule has 1 saturated heterocycles. The molecule has 1 aromatic rings. The molecule has 0 aromatic carbocycles. The van der Waals surface area contributed by atoms with E-state index in [2.05, 4.69) is 15.6 Å². The highest BCUT2D eigenvalue weighted by Gasteiger charge is 2.43. The molecule has 23 heavy (non-hydrogen) atoms. The van der Waals surface area contributed by atoms with E-state index in [1.165, 1.54) is 4.68 Å². The van der Waals surface area contributed by atoms with Crippen molar-refractivity contribution in [2.24, 2.45) is 0 Å². The first-order chi connectivity index (χ1) is 11.0. The fraction of sp³-hybridized carbons (Fsp3) is 0.857. The summed E-state index contributed by atoms with van der Waals surface area (Å²) in [6.45, 7) is -0.173. The summed E-state index contributed by atoms with van der Waals surface area (Å²) in [6.07, 6.45) is 1.65. The average molecular weight is 328 g/mol. The second-order valence-electron chi connectivity index (χ2n) is 6.58. The summed E-state index contributed by atoms with van der Waals surface area (Å²) >= 11 is 0. The summed E-state index contributed by atoms with van der Waals surface area (Å²) < 4.78 is 1.38. The van der Waals surface area contributed by atoms with Crippen molar-refractivity contribution in [1.29, 1.82) is 0 Å². The van der Waals surface area contributed by atoms with Crippen LogP contribution < -0.4 is 5.32 Å². The van der Waals surface area contributed by atoms with Gasteiger partial charge in [0.1, 0.15) is 11.3 Å². The van der Waals surface area contributed by atoms with Gasteiger partial charge >= 0.3 is 0 Å². The van der Waals surface area contributed by atoms with Gasteiger partial charge in [0.05, 0.1) is 37.4 Å². The fourth-order valence-corrected chi connectivity index (χ4v) is 3.71. The quantitative estimate of drug-likeness (QED) is 0.379. The van der Waals surface area contributed by atoms with Gasteiger partial charge < -0.3 is 30.8 Å². The van der Waals surface area contributed by atoms with Gasteiger partial charge in [-0.1, -0.05) is 29.6 Å². The number of aliphatic hydroxyl groups excluding tert-OH is 3. The number of aromatic hydroxyl groups is 1. The molecule has 3 rings (SSSR count). The van der Waals surface area contributed by atoms with Crippen molar-refractivity contribution in [3.8, 4) is 5.88 Å². The van der Waals surface area contributed by atoms with E-state index in [9.17, 15) is 25.5 Å². The summed E-state index contributed by atoms with van der Waals surface area (Å²) in [6, 6.07) is -1.18. The van der Waals surface area contributed by atoms with Crippen LogP contribution in [0.3, 0.4) is 0 Å². The molecule has 0 unspecified atom stereocenters. The van der Waals surface area contributed by atoms with Crippen LogP contribution >= 0.6 is 0 Å². The number of rotatable bonds is 4. The number of nitrogens with one attached hydrogen (secondary N) is 1. The minimum absolute atomic E-state index is 0.125. The molecule has 0 spiro atoms. The topological polar surface area (TPSA) is 144 Å². The molecule has 0 bridgehead atoms. The van der Waals surface area contributed by atoms with Crippen LogP contribution in [-0.4, -0.2) is 71.4 Å². The SMILES string of the molecule is OC[C@H]1N[C@H](Cn2nnc(O)c2C2(O)CCCCC2)[C@@H](O)[C@@H]1O. The zero-order chi connectivity index (χ0) is 16.6. The third-order valence-electron chi connectivity index (χ3n) is 5.01. The van der Waals surface area contributed by atoms with Crippen molar-refractivity contribution in [1.82, 2.24) is 20.3 Å². The predicted octanol–water partition coefficient (Wildman–Crippen LogP) is -1.81. The van der Waals surface area contributed by atoms with Gasteiger partial charge in [-0.05, 0) is 12.8 Å². The van der Waals surface area contributed by atoms with E-state index in [1.807, 2.05) is 0 Å². The van der Waals surface area contributed by atoms with E-state index in [0.717, 1.165) is 19.3 Å². The average Bonchev–Trinajstić information content (AvgIpc) is 3.03. The highest BCUT2D eigenvalue weighted by molar-refractivity contribution is 5.24. The van der Waals surface area contributed by atoms with Gasteiger partial charge in [0.2, 0.25) is 0 Å². The Morgan fingerprint density at radius 3 is 2.39 bits per heavy atom. The Balaban J connectivity index is 1.82. The maximum Gasteiger partial charge on any atom is 0.257 e. The van der Waals surface area contributed by atoms with E-state index in [4.69, 9.17) is 0 Å². The van der Waals surface area contributed by atoms with E-state index in [0.29, 0.717) is 12.8 Å². The summed E-state index contributed by atoms with van der Waals surface area (Å²) in [4.78, 5) is 0. The van der Waals surface area contributed by atoms with Crippen LogP contribution in [0.15, 0.2) is 0 Å². The second kappa shape index (κ2) is 6.33. The van der Waals surface area contributed by atoms with Crippen molar-refractivity contribution in [3.63, 3.8) is 0 Å². The first kappa shape index (κ1) is 16.6. The Bertz CT molecular complexity index is 545. The number of nitrogens with zero attached hydrogens (tertiary/aromatic N) is 3.